The molecule has 2 atom stereocenters. The zero-order valence-corrected chi connectivity index (χ0v) is 14.8. The molecule has 0 saturated heterocycles. The van der Waals surface area contributed by atoms with E-state index in [4.69, 9.17) is 5.73 Å². The molecule has 3 saturated carbocycles. The topological polar surface area (TPSA) is 26.0 Å². The molecule has 1 aromatic rings. The molecule has 0 aliphatic heterocycles. The summed E-state index contributed by atoms with van der Waals surface area (Å²) in [6.45, 7) is 0. The molecule has 5 rings (SSSR count). The van der Waals surface area contributed by atoms with Crippen LogP contribution in [0.4, 0.5) is 13.2 Å². The van der Waals surface area contributed by atoms with Crippen molar-refractivity contribution in [2.24, 2.45) is 17.1 Å². The summed E-state index contributed by atoms with van der Waals surface area (Å²) in [5.41, 5.74) is 11.4. The maximum absolute atomic E-state index is 13.3. The molecule has 3 fully saturated rings. The minimum Gasteiger partial charge on any atom is -0.399 e. The number of hydrogen-bond donors (Lipinski definition) is 1. The fraction of sp³-hybridized carbons (Fsp3) is 0.545. The van der Waals surface area contributed by atoms with Gasteiger partial charge in [0.2, 0.25) is 0 Å². The minimum atomic E-state index is -4.28. The maximum Gasteiger partial charge on any atom is 0.416 e. The van der Waals surface area contributed by atoms with E-state index in [1.165, 1.54) is 43.4 Å². The summed E-state index contributed by atoms with van der Waals surface area (Å²) in [6.07, 6.45) is 6.82. The third kappa shape index (κ3) is 2.44. The lowest BCUT2D eigenvalue weighted by atomic mass is 9.62. The van der Waals surface area contributed by atoms with Gasteiger partial charge in [-0.05, 0) is 103 Å². The SMILES string of the molecule is NC(/C=C1\CC2(CCC2)C2CC2c2cc(C(F)(F)F)ccc21)=C1CCC1. The number of halogens is 3. The molecular formula is C22H24F3N. The quantitative estimate of drug-likeness (QED) is 0.638. The molecule has 0 heterocycles. The van der Waals surface area contributed by atoms with Gasteiger partial charge in [0.15, 0.2) is 0 Å². The van der Waals surface area contributed by atoms with Gasteiger partial charge in [0, 0.05) is 5.70 Å². The highest BCUT2D eigenvalue weighted by Crippen LogP contribution is 2.69. The van der Waals surface area contributed by atoms with Gasteiger partial charge >= 0.3 is 6.18 Å². The first kappa shape index (κ1) is 16.5. The molecule has 4 aliphatic rings. The summed E-state index contributed by atoms with van der Waals surface area (Å²) in [6, 6.07) is 4.36. The highest BCUT2D eigenvalue weighted by atomic mass is 19.4. The van der Waals surface area contributed by atoms with Crippen molar-refractivity contribution in [1.82, 2.24) is 0 Å². The van der Waals surface area contributed by atoms with Gasteiger partial charge in [-0.3, -0.25) is 0 Å². The number of fused-ring (bicyclic) bond motifs is 4. The van der Waals surface area contributed by atoms with Gasteiger partial charge in [-0.1, -0.05) is 12.5 Å². The maximum atomic E-state index is 13.3. The molecule has 0 aromatic heterocycles. The van der Waals surface area contributed by atoms with E-state index in [-0.39, 0.29) is 0 Å². The van der Waals surface area contributed by atoms with E-state index in [9.17, 15) is 13.2 Å². The van der Waals surface area contributed by atoms with Crippen LogP contribution in [0.5, 0.6) is 0 Å². The van der Waals surface area contributed by atoms with Crippen molar-refractivity contribution in [3.05, 3.63) is 52.2 Å². The average Bonchev–Trinajstić information content (AvgIpc) is 3.26. The number of nitrogens with two attached hydrogens (primary N) is 1. The fourth-order valence-corrected chi connectivity index (χ4v) is 5.40. The molecule has 0 amide bonds. The second-order valence-electron chi connectivity index (χ2n) is 8.72. The zero-order valence-electron chi connectivity index (χ0n) is 14.8. The van der Waals surface area contributed by atoms with Crippen LogP contribution in [0.25, 0.3) is 5.57 Å². The Balaban J connectivity index is 1.62. The van der Waals surface area contributed by atoms with Crippen molar-refractivity contribution in [2.75, 3.05) is 0 Å². The molecule has 0 bridgehead atoms. The lowest BCUT2D eigenvalue weighted by molar-refractivity contribution is -0.137. The molecule has 138 valence electrons. The molecule has 1 aromatic carbocycles. The summed E-state index contributed by atoms with van der Waals surface area (Å²) in [5, 5.41) is 0. The zero-order chi connectivity index (χ0) is 18.1. The molecule has 1 nitrogen and oxygen atoms in total. The van der Waals surface area contributed by atoms with Crippen LogP contribution in [-0.4, -0.2) is 0 Å². The van der Waals surface area contributed by atoms with E-state index in [0.717, 1.165) is 48.1 Å². The fourth-order valence-electron chi connectivity index (χ4n) is 5.40. The van der Waals surface area contributed by atoms with Gasteiger partial charge in [-0.2, -0.15) is 13.2 Å². The molecular weight excluding hydrogens is 335 g/mol. The van der Waals surface area contributed by atoms with Crippen LogP contribution >= 0.6 is 0 Å². The van der Waals surface area contributed by atoms with Crippen molar-refractivity contribution >= 4 is 5.57 Å². The summed E-state index contributed by atoms with van der Waals surface area (Å²) in [4.78, 5) is 0. The Kier molecular flexibility index (Phi) is 3.42. The molecule has 2 N–H and O–H groups in total. The van der Waals surface area contributed by atoms with Gasteiger partial charge in [0.1, 0.15) is 0 Å². The number of alkyl halides is 3. The first-order valence-electron chi connectivity index (χ1n) is 9.77. The van der Waals surface area contributed by atoms with E-state index in [2.05, 4.69) is 6.08 Å². The first-order valence-corrected chi connectivity index (χ1v) is 9.77. The Morgan fingerprint density at radius 2 is 1.92 bits per heavy atom. The summed E-state index contributed by atoms with van der Waals surface area (Å²) < 4.78 is 39.8. The van der Waals surface area contributed by atoms with Crippen molar-refractivity contribution in [2.45, 2.75) is 63.5 Å². The van der Waals surface area contributed by atoms with Crippen LogP contribution in [0.2, 0.25) is 0 Å². The standard InChI is InChI=1S/C22H24F3N/c23-22(24,25)15-5-6-16-14(9-20(26)13-3-1-4-13)12-21(7-2-8-21)19-11-18(19)17(16)10-15/h5-6,9-10,18-19H,1-4,7-8,11-12,26H2/b14-9+. The van der Waals surface area contributed by atoms with Crippen molar-refractivity contribution < 1.29 is 13.2 Å². The van der Waals surface area contributed by atoms with Gasteiger partial charge in [0.25, 0.3) is 0 Å². The summed E-state index contributed by atoms with van der Waals surface area (Å²) >= 11 is 0. The summed E-state index contributed by atoms with van der Waals surface area (Å²) in [7, 11) is 0. The molecule has 0 radical (unpaired) electrons. The molecule has 26 heavy (non-hydrogen) atoms. The van der Waals surface area contributed by atoms with Gasteiger partial charge in [0.05, 0.1) is 5.56 Å². The highest BCUT2D eigenvalue weighted by molar-refractivity contribution is 5.74. The van der Waals surface area contributed by atoms with Gasteiger partial charge < -0.3 is 5.73 Å². The van der Waals surface area contributed by atoms with E-state index in [0.29, 0.717) is 17.3 Å². The number of hydrogen-bond acceptors (Lipinski definition) is 1. The molecule has 2 unspecified atom stereocenters. The van der Waals surface area contributed by atoms with E-state index in [1.807, 2.05) is 0 Å². The first-order chi connectivity index (χ1) is 12.4. The third-order valence-electron chi connectivity index (χ3n) is 7.29. The van der Waals surface area contributed by atoms with E-state index < -0.39 is 11.7 Å². The Labute approximate surface area is 152 Å². The van der Waals surface area contributed by atoms with Crippen LogP contribution in [0, 0.1) is 11.3 Å². The van der Waals surface area contributed by atoms with Crippen molar-refractivity contribution in [3.8, 4) is 0 Å². The molecule has 4 aliphatic carbocycles. The Bertz CT molecular complexity index is 820. The van der Waals surface area contributed by atoms with Gasteiger partial charge in [-0.15, -0.1) is 0 Å². The summed E-state index contributed by atoms with van der Waals surface area (Å²) in [5.74, 6) is 0.859. The van der Waals surface area contributed by atoms with E-state index in [1.54, 1.807) is 6.07 Å². The van der Waals surface area contributed by atoms with E-state index >= 15 is 0 Å². The van der Waals surface area contributed by atoms with Crippen molar-refractivity contribution in [3.63, 3.8) is 0 Å². The van der Waals surface area contributed by atoms with Crippen LogP contribution < -0.4 is 5.73 Å². The average molecular weight is 359 g/mol. The Morgan fingerprint density at radius 3 is 2.50 bits per heavy atom. The second kappa shape index (κ2) is 5.40. The molecule has 1 spiro atoms. The predicted octanol–water partition coefficient (Wildman–Crippen LogP) is 6.16. The Hall–Kier alpha value is -1.71. The highest BCUT2D eigenvalue weighted by Gasteiger charge is 2.58. The van der Waals surface area contributed by atoms with Crippen LogP contribution in [0.1, 0.15) is 74.0 Å². The van der Waals surface area contributed by atoms with Gasteiger partial charge in [-0.25, -0.2) is 0 Å². The largest absolute Gasteiger partial charge is 0.416 e. The normalized spacial score (nSPS) is 30.1. The third-order valence-corrected chi connectivity index (χ3v) is 7.29. The number of rotatable bonds is 1. The van der Waals surface area contributed by atoms with Crippen LogP contribution in [-0.2, 0) is 6.18 Å². The van der Waals surface area contributed by atoms with Crippen LogP contribution in [0.3, 0.4) is 0 Å². The predicted molar refractivity (Wildman–Crippen MR) is 96.2 cm³/mol. The monoisotopic (exact) mass is 359 g/mol. The van der Waals surface area contributed by atoms with Crippen molar-refractivity contribution in [1.29, 1.82) is 0 Å². The Morgan fingerprint density at radius 1 is 1.15 bits per heavy atom. The lowest BCUT2D eigenvalue weighted by Gasteiger charge is -2.43. The minimum absolute atomic E-state index is 0.302. The smallest absolute Gasteiger partial charge is 0.399 e. The number of allylic oxidation sites excluding steroid dienone is 3. The second-order valence-corrected chi connectivity index (χ2v) is 8.72. The molecule has 4 heteroatoms. The number of benzene rings is 1. The lowest BCUT2D eigenvalue weighted by Crippen LogP contribution is -2.31. The van der Waals surface area contributed by atoms with Crippen LogP contribution in [0.15, 0.2) is 35.5 Å².